The number of unbranched alkanes of at least 4 members (excludes halogenated alkanes) is 35. The van der Waals surface area contributed by atoms with Crippen molar-refractivity contribution in [1.82, 2.24) is 5.32 Å². The smallest absolute Gasteiger partial charge is 0.220 e. The third kappa shape index (κ3) is 30.5. The van der Waals surface area contributed by atoms with Gasteiger partial charge in [-0.05, 0) is 19.3 Å². The van der Waals surface area contributed by atoms with Crippen LogP contribution in [0.25, 0.3) is 0 Å². The summed E-state index contributed by atoms with van der Waals surface area (Å²) in [5.41, 5.74) is 0. The summed E-state index contributed by atoms with van der Waals surface area (Å²) in [5.74, 6) is -0.234. The molecule has 0 radical (unpaired) electrons. The quantitative estimate of drug-likeness (QED) is 0.0205. The first-order valence-corrected chi connectivity index (χ1v) is 29.9. The van der Waals surface area contributed by atoms with Crippen LogP contribution in [0.5, 0.6) is 0 Å². The third-order valence-corrected chi connectivity index (χ3v) is 15.0. The van der Waals surface area contributed by atoms with Gasteiger partial charge in [-0.1, -0.05) is 244 Å². The first-order chi connectivity index (χ1) is 35.1. The largest absolute Gasteiger partial charge is 0.394 e. The van der Waals surface area contributed by atoms with Crippen molar-refractivity contribution in [3.05, 3.63) is 12.2 Å². The van der Waals surface area contributed by atoms with Gasteiger partial charge in [0.15, 0.2) is 12.6 Å². The standard InChI is InChI=1S/C58H111NO13/c1-3-5-7-9-11-13-15-17-19-21-22-23-24-25-26-28-30-32-34-36-38-40-42-50(63)59-46(47(62)41-39-37-35-33-31-29-27-20-18-16-14-12-10-8-6-4-2)45-69-57-55(68)53(66)56(49(44-61)71-57)72-58-54(67)52(65)51(64)48(43-60)70-58/h39,41,46-49,51-58,60-62,64-68H,3-38,40,42-45H2,1-2H3,(H,59,63)/b41-39+/t46-,47+,48+,49+,51-,52?,53?,54?,55?,56+,57+,58-/m0/s1. The van der Waals surface area contributed by atoms with E-state index >= 15 is 0 Å². The number of ether oxygens (including phenoxy) is 4. The van der Waals surface area contributed by atoms with Crippen LogP contribution in [0.3, 0.4) is 0 Å². The number of aliphatic hydroxyl groups excluding tert-OH is 8. The third-order valence-electron chi connectivity index (χ3n) is 15.0. The summed E-state index contributed by atoms with van der Waals surface area (Å²) in [6.07, 6.45) is 33.9. The van der Waals surface area contributed by atoms with Crippen molar-refractivity contribution in [2.24, 2.45) is 0 Å². The molecule has 2 heterocycles. The zero-order valence-corrected chi connectivity index (χ0v) is 45.7. The Balaban J connectivity index is 1.75. The van der Waals surface area contributed by atoms with Gasteiger partial charge >= 0.3 is 0 Å². The lowest BCUT2D eigenvalue weighted by atomic mass is 9.97. The van der Waals surface area contributed by atoms with Gasteiger partial charge in [-0.15, -0.1) is 0 Å². The highest BCUT2D eigenvalue weighted by Gasteiger charge is 2.51. The molecule has 72 heavy (non-hydrogen) atoms. The molecule has 12 atom stereocenters. The molecule has 0 saturated carbocycles. The van der Waals surface area contributed by atoms with E-state index in [-0.39, 0.29) is 18.9 Å². The van der Waals surface area contributed by atoms with Gasteiger partial charge in [0.25, 0.3) is 0 Å². The van der Waals surface area contributed by atoms with Crippen LogP contribution in [0, 0.1) is 0 Å². The fraction of sp³-hybridized carbons (Fsp3) is 0.948. The number of carbonyl (C=O) groups is 1. The Morgan fingerprint density at radius 1 is 0.486 bits per heavy atom. The molecule has 9 N–H and O–H groups in total. The van der Waals surface area contributed by atoms with Crippen LogP contribution in [-0.2, 0) is 23.7 Å². The summed E-state index contributed by atoms with van der Waals surface area (Å²) in [6, 6.07) is -0.909. The van der Waals surface area contributed by atoms with Gasteiger partial charge in [0.05, 0.1) is 32.0 Å². The summed E-state index contributed by atoms with van der Waals surface area (Å²) < 4.78 is 22.8. The Morgan fingerprint density at radius 2 is 0.861 bits per heavy atom. The van der Waals surface area contributed by atoms with E-state index in [2.05, 4.69) is 19.2 Å². The zero-order valence-electron chi connectivity index (χ0n) is 45.7. The molecule has 2 rings (SSSR count). The van der Waals surface area contributed by atoms with E-state index in [1.54, 1.807) is 6.08 Å². The van der Waals surface area contributed by atoms with Gasteiger partial charge in [-0.25, -0.2) is 0 Å². The van der Waals surface area contributed by atoms with Crippen molar-refractivity contribution < 1.29 is 64.6 Å². The molecule has 0 bridgehead atoms. The summed E-state index contributed by atoms with van der Waals surface area (Å²) in [5, 5.41) is 87.1. The van der Waals surface area contributed by atoms with Gasteiger partial charge in [-0.2, -0.15) is 0 Å². The number of hydrogen-bond donors (Lipinski definition) is 9. The lowest BCUT2D eigenvalue weighted by Crippen LogP contribution is -2.65. The van der Waals surface area contributed by atoms with Gasteiger partial charge in [0.1, 0.15) is 48.8 Å². The maximum Gasteiger partial charge on any atom is 0.220 e. The molecule has 0 aromatic rings. The topological polar surface area (TPSA) is 228 Å². The molecular weight excluding hydrogens is 919 g/mol. The van der Waals surface area contributed by atoms with E-state index in [1.807, 2.05) is 6.08 Å². The molecule has 2 aliphatic heterocycles. The van der Waals surface area contributed by atoms with Crippen molar-refractivity contribution >= 4 is 5.91 Å². The molecule has 4 unspecified atom stereocenters. The van der Waals surface area contributed by atoms with Gasteiger partial charge in [0.2, 0.25) is 5.91 Å². The Labute approximate surface area is 437 Å². The highest BCUT2D eigenvalue weighted by Crippen LogP contribution is 2.30. The molecule has 14 nitrogen and oxygen atoms in total. The minimum Gasteiger partial charge on any atom is -0.394 e. The normalized spacial score (nSPS) is 25.6. The number of rotatable bonds is 48. The van der Waals surface area contributed by atoms with Crippen LogP contribution >= 0.6 is 0 Å². The predicted octanol–water partition coefficient (Wildman–Crippen LogP) is 9.89. The van der Waals surface area contributed by atoms with Crippen molar-refractivity contribution in [1.29, 1.82) is 0 Å². The van der Waals surface area contributed by atoms with E-state index in [4.69, 9.17) is 18.9 Å². The molecule has 2 fully saturated rings. The predicted molar refractivity (Wildman–Crippen MR) is 286 cm³/mol. The highest BCUT2D eigenvalue weighted by molar-refractivity contribution is 5.76. The van der Waals surface area contributed by atoms with E-state index < -0.39 is 86.8 Å². The fourth-order valence-electron chi connectivity index (χ4n) is 10.1. The van der Waals surface area contributed by atoms with Gasteiger partial charge in [0, 0.05) is 6.42 Å². The van der Waals surface area contributed by atoms with Crippen LogP contribution in [0.4, 0.5) is 0 Å². The second-order valence-electron chi connectivity index (χ2n) is 21.5. The maximum atomic E-state index is 13.2. The lowest BCUT2D eigenvalue weighted by molar-refractivity contribution is -0.359. The number of nitrogens with one attached hydrogen (secondary N) is 1. The lowest BCUT2D eigenvalue weighted by Gasteiger charge is -2.46. The number of aliphatic hydroxyl groups is 8. The van der Waals surface area contributed by atoms with Crippen LogP contribution in [0.2, 0.25) is 0 Å². The molecule has 2 saturated heterocycles. The second kappa shape index (κ2) is 44.8. The Kier molecular flexibility index (Phi) is 41.6. The highest BCUT2D eigenvalue weighted by atomic mass is 16.7. The SMILES string of the molecule is CCCCCCCCCCCCCCCC/C=C/[C@@H](O)[C@H](CO[C@@H]1O[C@H](CO)[C@@H](O[C@@H]2O[C@H](CO)[C@H](O)C(O)C2O)C(O)C1O)NC(=O)CCCCCCCCCCCCCCCCCCCCCCCC. The molecule has 426 valence electrons. The molecule has 14 heteroatoms. The van der Waals surface area contributed by atoms with Crippen molar-refractivity contribution in [2.75, 3.05) is 19.8 Å². The van der Waals surface area contributed by atoms with E-state index in [0.29, 0.717) is 6.42 Å². The number of hydrogen-bond acceptors (Lipinski definition) is 13. The number of allylic oxidation sites excluding steroid dienone is 1. The number of amides is 1. The van der Waals surface area contributed by atoms with Crippen LogP contribution in [0.1, 0.15) is 258 Å². The summed E-state index contributed by atoms with van der Waals surface area (Å²) in [7, 11) is 0. The molecule has 1 amide bonds. The monoisotopic (exact) mass is 1030 g/mol. The minimum atomic E-state index is -1.79. The van der Waals surface area contributed by atoms with Crippen LogP contribution in [-0.4, -0.2) is 140 Å². The van der Waals surface area contributed by atoms with Crippen molar-refractivity contribution in [3.8, 4) is 0 Å². The fourth-order valence-corrected chi connectivity index (χ4v) is 10.1. The molecule has 0 aromatic heterocycles. The average molecular weight is 1030 g/mol. The zero-order chi connectivity index (χ0) is 52.4. The van der Waals surface area contributed by atoms with Crippen molar-refractivity contribution in [2.45, 2.75) is 331 Å². The van der Waals surface area contributed by atoms with Gasteiger partial charge < -0.3 is 65.1 Å². The van der Waals surface area contributed by atoms with Crippen LogP contribution in [0.15, 0.2) is 12.2 Å². The molecule has 2 aliphatic rings. The van der Waals surface area contributed by atoms with Crippen LogP contribution < -0.4 is 5.32 Å². The van der Waals surface area contributed by atoms with E-state index in [9.17, 15) is 45.6 Å². The first kappa shape index (κ1) is 66.8. The Hall–Kier alpha value is -1.27. The molecule has 0 spiro atoms. The summed E-state index contributed by atoms with van der Waals surface area (Å²) in [4.78, 5) is 13.2. The number of carbonyl (C=O) groups excluding carboxylic acids is 1. The van der Waals surface area contributed by atoms with Gasteiger partial charge in [-0.3, -0.25) is 4.79 Å². The minimum absolute atomic E-state index is 0.234. The Bertz CT molecular complexity index is 1260. The van der Waals surface area contributed by atoms with E-state index in [1.165, 1.54) is 193 Å². The first-order valence-electron chi connectivity index (χ1n) is 29.9. The second-order valence-corrected chi connectivity index (χ2v) is 21.5. The maximum absolute atomic E-state index is 13.2. The summed E-state index contributed by atoms with van der Waals surface area (Å²) >= 11 is 0. The molecule has 0 aliphatic carbocycles. The average Bonchev–Trinajstić information content (AvgIpc) is 3.38. The summed E-state index contributed by atoms with van der Waals surface area (Å²) in [6.45, 7) is 2.83. The molecule has 0 aromatic carbocycles. The van der Waals surface area contributed by atoms with E-state index in [0.717, 1.165) is 38.5 Å². The molecular formula is C58H111NO13. The van der Waals surface area contributed by atoms with Crippen molar-refractivity contribution in [3.63, 3.8) is 0 Å². The Morgan fingerprint density at radius 3 is 1.28 bits per heavy atom.